The molecule has 0 radical (unpaired) electrons. The van der Waals surface area contributed by atoms with Gasteiger partial charge in [0.05, 0.1) is 13.7 Å². The Morgan fingerprint density at radius 3 is 2.02 bits per heavy atom. The van der Waals surface area contributed by atoms with Gasteiger partial charge in [-0.15, -0.1) is 0 Å². The molecule has 41 heavy (non-hydrogen) atoms. The van der Waals surface area contributed by atoms with Crippen LogP contribution in [0.3, 0.4) is 0 Å². The highest BCUT2D eigenvalue weighted by atomic mass is 16.5. The average Bonchev–Trinajstić information content (AvgIpc) is 3.01. The van der Waals surface area contributed by atoms with Gasteiger partial charge >= 0.3 is 5.97 Å². The Labute approximate surface area is 246 Å². The Bertz CT molecular complexity index is 1130. The molecule has 0 fully saturated rings. The molecule has 0 aliphatic carbocycles. The van der Waals surface area contributed by atoms with Gasteiger partial charge in [0.15, 0.2) is 5.78 Å². The number of hydrogen-bond donors (Lipinski definition) is 1. The zero-order valence-corrected chi connectivity index (χ0v) is 25.0. The number of carbonyl (C=O) groups is 2. The molecule has 0 saturated heterocycles. The summed E-state index contributed by atoms with van der Waals surface area (Å²) >= 11 is 0. The van der Waals surface area contributed by atoms with Crippen molar-refractivity contribution in [3.05, 3.63) is 101 Å². The summed E-state index contributed by atoms with van der Waals surface area (Å²) in [5.74, 6) is -0.966. The molecule has 0 aliphatic rings. The van der Waals surface area contributed by atoms with Crippen LogP contribution in [0.1, 0.15) is 84.2 Å². The molecular weight excluding hydrogens is 514 g/mol. The zero-order chi connectivity index (χ0) is 29.7. The van der Waals surface area contributed by atoms with Gasteiger partial charge in [-0.3, -0.25) is 9.69 Å². The normalized spacial score (nSPS) is 10.6. The number of aryl methyl sites for hydroxylation is 1. The number of rotatable bonds is 18. The molecule has 3 aromatic rings. The molecule has 222 valence electrons. The Hall–Kier alpha value is -3.48. The number of ketones is 1. The first-order valence-electron chi connectivity index (χ1n) is 14.9. The number of Topliss-reactive ketones (excluding diaryl/α,β-unsaturated/α-hetero) is 1. The number of unbranched alkanes of at least 4 members (excludes halogenated alkanes) is 4. The second kappa shape index (κ2) is 20.4. The number of phenolic OH excluding ortho intramolecular Hbond substituents is 1. The standard InChI is InChI=1S/C33H41NO5.C2H6/c1-38-33(37)30-24-29(19-20-31(30)35)32(36)26-34(25-28-17-8-5-9-18-28)21-11-2-3-12-22-39-23-13-10-16-27-14-6-4-7-15-27;1-2/h4-9,14-15,17-20,24,35H,2-3,10-13,16,21-23,25-26H2,1H3;1-2H3. The van der Waals surface area contributed by atoms with E-state index in [0.717, 1.165) is 70.3 Å². The van der Waals surface area contributed by atoms with Gasteiger partial charge in [0.1, 0.15) is 11.3 Å². The molecular formula is C35H47NO5. The largest absolute Gasteiger partial charge is 0.507 e. The number of nitrogens with zero attached hydrogens (tertiary/aromatic N) is 1. The molecule has 3 rings (SSSR count). The molecule has 0 spiro atoms. The summed E-state index contributed by atoms with van der Waals surface area (Å²) < 4.78 is 10.5. The van der Waals surface area contributed by atoms with E-state index >= 15 is 0 Å². The summed E-state index contributed by atoms with van der Waals surface area (Å²) in [6.07, 6.45) is 7.53. The topological polar surface area (TPSA) is 76.1 Å². The van der Waals surface area contributed by atoms with Crippen molar-refractivity contribution in [2.45, 2.75) is 65.3 Å². The van der Waals surface area contributed by atoms with Gasteiger partial charge in [-0.25, -0.2) is 4.79 Å². The lowest BCUT2D eigenvalue weighted by molar-refractivity contribution is 0.0597. The SMILES string of the molecule is CC.COC(=O)c1cc(C(=O)CN(CCCCCCOCCCCc2ccccc2)Cc2ccccc2)ccc1O. The first-order valence-corrected chi connectivity index (χ1v) is 14.9. The number of ether oxygens (including phenoxy) is 2. The van der Waals surface area contributed by atoms with Crippen molar-refractivity contribution in [1.29, 1.82) is 0 Å². The van der Waals surface area contributed by atoms with Crippen LogP contribution in [0.5, 0.6) is 5.75 Å². The maximum absolute atomic E-state index is 13.1. The van der Waals surface area contributed by atoms with E-state index in [0.29, 0.717) is 12.1 Å². The monoisotopic (exact) mass is 561 g/mol. The van der Waals surface area contributed by atoms with Gasteiger partial charge in [-0.2, -0.15) is 0 Å². The molecule has 0 amide bonds. The van der Waals surface area contributed by atoms with Crippen LogP contribution in [-0.2, 0) is 22.4 Å². The lowest BCUT2D eigenvalue weighted by Crippen LogP contribution is -2.30. The molecule has 3 aromatic carbocycles. The Balaban J connectivity index is 0.00000287. The van der Waals surface area contributed by atoms with Crippen LogP contribution in [0.2, 0.25) is 0 Å². The first kappa shape index (κ1) is 33.7. The molecule has 0 atom stereocenters. The van der Waals surface area contributed by atoms with Crippen LogP contribution >= 0.6 is 0 Å². The van der Waals surface area contributed by atoms with E-state index in [1.807, 2.05) is 38.1 Å². The lowest BCUT2D eigenvalue weighted by Gasteiger charge is -2.22. The fraction of sp³-hybridized carbons (Fsp3) is 0.429. The average molecular weight is 562 g/mol. The highest BCUT2D eigenvalue weighted by molar-refractivity contribution is 6.01. The second-order valence-corrected chi connectivity index (χ2v) is 9.81. The van der Waals surface area contributed by atoms with Gasteiger partial charge in [0.2, 0.25) is 0 Å². The molecule has 6 nitrogen and oxygen atoms in total. The summed E-state index contributed by atoms with van der Waals surface area (Å²) in [6.45, 7) is 7.30. The van der Waals surface area contributed by atoms with E-state index in [2.05, 4.69) is 41.3 Å². The third-order valence-corrected chi connectivity index (χ3v) is 6.70. The van der Waals surface area contributed by atoms with E-state index in [9.17, 15) is 14.7 Å². The minimum Gasteiger partial charge on any atom is -0.507 e. The fourth-order valence-electron chi connectivity index (χ4n) is 4.51. The van der Waals surface area contributed by atoms with E-state index in [-0.39, 0.29) is 23.6 Å². The minimum absolute atomic E-state index is 0.00336. The number of phenols is 1. The maximum Gasteiger partial charge on any atom is 0.341 e. The summed E-state index contributed by atoms with van der Waals surface area (Å²) in [5, 5.41) is 9.97. The summed E-state index contributed by atoms with van der Waals surface area (Å²) in [7, 11) is 1.25. The number of esters is 1. The van der Waals surface area contributed by atoms with Gasteiger partial charge in [-0.05, 0) is 68.0 Å². The van der Waals surface area contributed by atoms with Crippen molar-refractivity contribution >= 4 is 11.8 Å². The third-order valence-electron chi connectivity index (χ3n) is 6.70. The highest BCUT2D eigenvalue weighted by Crippen LogP contribution is 2.20. The molecule has 1 N–H and O–H groups in total. The molecule has 0 unspecified atom stereocenters. The molecule has 0 heterocycles. The van der Waals surface area contributed by atoms with Crippen molar-refractivity contribution < 1.29 is 24.2 Å². The smallest absolute Gasteiger partial charge is 0.341 e. The molecule has 0 bridgehead atoms. The van der Waals surface area contributed by atoms with E-state index in [4.69, 9.17) is 9.47 Å². The van der Waals surface area contributed by atoms with Crippen molar-refractivity contribution in [3.8, 4) is 5.75 Å². The maximum atomic E-state index is 13.1. The van der Waals surface area contributed by atoms with E-state index in [1.54, 1.807) is 6.07 Å². The molecule has 0 saturated carbocycles. The fourth-order valence-corrected chi connectivity index (χ4v) is 4.51. The highest BCUT2D eigenvalue weighted by Gasteiger charge is 2.18. The van der Waals surface area contributed by atoms with Crippen LogP contribution in [0.25, 0.3) is 0 Å². The number of carbonyl (C=O) groups excluding carboxylic acids is 2. The van der Waals surface area contributed by atoms with Crippen molar-refractivity contribution in [1.82, 2.24) is 4.90 Å². The summed E-state index contributed by atoms with van der Waals surface area (Å²) in [6, 6.07) is 25.0. The van der Waals surface area contributed by atoms with Crippen LogP contribution < -0.4 is 0 Å². The van der Waals surface area contributed by atoms with Crippen molar-refractivity contribution in [2.75, 3.05) is 33.4 Å². The number of benzene rings is 3. The predicted molar refractivity (Wildman–Crippen MR) is 166 cm³/mol. The van der Waals surface area contributed by atoms with Crippen LogP contribution in [0, 0.1) is 0 Å². The summed E-state index contributed by atoms with van der Waals surface area (Å²) in [4.78, 5) is 27.2. The van der Waals surface area contributed by atoms with Crippen LogP contribution in [0.15, 0.2) is 78.9 Å². The first-order chi connectivity index (χ1) is 20.1. The Kier molecular flexibility index (Phi) is 16.8. The van der Waals surface area contributed by atoms with Crippen molar-refractivity contribution in [2.24, 2.45) is 0 Å². The third kappa shape index (κ3) is 13.2. The predicted octanol–water partition coefficient (Wildman–Crippen LogP) is 7.49. The van der Waals surface area contributed by atoms with Gasteiger partial charge in [0, 0.05) is 25.3 Å². The molecule has 0 aliphatic heterocycles. The van der Waals surface area contributed by atoms with Gasteiger partial charge in [-0.1, -0.05) is 87.4 Å². The van der Waals surface area contributed by atoms with E-state index < -0.39 is 5.97 Å². The zero-order valence-electron chi connectivity index (χ0n) is 25.0. The Morgan fingerprint density at radius 1 is 0.756 bits per heavy atom. The number of aromatic hydroxyl groups is 1. The van der Waals surface area contributed by atoms with E-state index in [1.165, 1.54) is 24.8 Å². The van der Waals surface area contributed by atoms with Gasteiger partial charge in [0.25, 0.3) is 0 Å². The van der Waals surface area contributed by atoms with Crippen molar-refractivity contribution in [3.63, 3.8) is 0 Å². The minimum atomic E-state index is -0.667. The summed E-state index contributed by atoms with van der Waals surface area (Å²) in [5.41, 5.74) is 2.91. The number of hydrogen-bond acceptors (Lipinski definition) is 6. The van der Waals surface area contributed by atoms with Crippen LogP contribution in [0.4, 0.5) is 0 Å². The second-order valence-electron chi connectivity index (χ2n) is 9.81. The Morgan fingerprint density at radius 2 is 1.37 bits per heavy atom. The number of methoxy groups -OCH3 is 1. The molecule has 6 heteroatoms. The van der Waals surface area contributed by atoms with Crippen LogP contribution in [-0.4, -0.2) is 55.2 Å². The lowest BCUT2D eigenvalue weighted by atomic mass is 10.1. The quantitative estimate of drug-likeness (QED) is 0.0985. The van der Waals surface area contributed by atoms with Gasteiger partial charge < -0.3 is 14.6 Å². The molecule has 0 aromatic heterocycles.